The summed E-state index contributed by atoms with van der Waals surface area (Å²) in [5, 5.41) is 7.36. The van der Waals surface area contributed by atoms with Crippen LogP contribution in [0.2, 0.25) is 0 Å². The molecule has 3 rings (SSSR count). The Morgan fingerprint density at radius 3 is 2.81 bits per heavy atom. The summed E-state index contributed by atoms with van der Waals surface area (Å²) in [4.78, 5) is 20.9. The number of carbonyl (C=O) groups is 1. The molecule has 7 nitrogen and oxygen atoms in total. The molecule has 0 aliphatic carbocycles. The molecular formula is C19H25FN6O. The zero-order valence-corrected chi connectivity index (χ0v) is 15.7. The zero-order chi connectivity index (χ0) is 19.2. The minimum Gasteiger partial charge on any atom is -0.357 e. The average Bonchev–Trinajstić information content (AvgIpc) is 3.08. The van der Waals surface area contributed by atoms with E-state index in [0.717, 1.165) is 5.69 Å². The van der Waals surface area contributed by atoms with Gasteiger partial charge in [-0.2, -0.15) is 5.10 Å². The van der Waals surface area contributed by atoms with Crippen LogP contribution >= 0.6 is 0 Å². The van der Waals surface area contributed by atoms with E-state index in [1.165, 1.54) is 6.07 Å². The predicted molar refractivity (Wildman–Crippen MR) is 103 cm³/mol. The van der Waals surface area contributed by atoms with E-state index in [2.05, 4.69) is 15.4 Å². The molecule has 27 heavy (non-hydrogen) atoms. The van der Waals surface area contributed by atoms with Gasteiger partial charge in [0.1, 0.15) is 12.4 Å². The van der Waals surface area contributed by atoms with E-state index in [1.807, 2.05) is 31.1 Å². The van der Waals surface area contributed by atoms with Crippen molar-refractivity contribution < 1.29 is 9.18 Å². The van der Waals surface area contributed by atoms with Crippen LogP contribution < -0.4 is 10.2 Å². The maximum Gasteiger partial charge on any atom is 0.246 e. The summed E-state index contributed by atoms with van der Waals surface area (Å²) in [5.41, 5.74) is 1.46. The number of piperazine rings is 1. The number of carbonyl (C=O) groups excluding carboxylic acids is 1. The second kappa shape index (κ2) is 8.66. The highest BCUT2D eigenvalue weighted by Crippen LogP contribution is 2.16. The number of nitrogens with zero attached hydrogens (tertiary/aromatic N) is 5. The molecule has 0 saturated carbocycles. The molecule has 1 aliphatic heterocycles. The van der Waals surface area contributed by atoms with Crippen LogP contribution in [0.3, 0.4) is 0 Å². The first-order chi connectivity index (χ1) is 13.1. The normalized spacial score (nSPS) is 15.4. The van der Waals surface area contributed by atoms with E-state index in [-0.39, 0.29) is 18.3 Å². The highest BCUT2D eigenvalue weighted by Gasteiger charge is 2.27. The number of rotatable bonds is 5. The number of amides is 1. The Bertz CT molecular complexity index is 818. The summed E-state index contributed by atoms with van der Waals surface area (Å²) in [7, 11) is 1.83. The largest absolute Gasteiger partial charge is 0.357 e. The Kier molecular flexibility index (Phi) is 6.05. The van der Waals surface area contributed by atoms with Crippen LogP contribution in [0.1, 0.15) is 12.5 Å². The monoisotopic (exact) mass is 372 g/mol. The van der Waals surface area contributed by atoms with E-state index >= 15 is 0 Å². The standard InChI is InChI=1S/C19H25FN6O/c1-3-21-19(22-9-8-15-6-4-5-7-17(15)20)25-10-11-26(18(27)14-25)16-12-23-24(2)13-16/h4-7,12-13H,3,8-11,14H2,1-2H3,(H,21,22). The van der Waals surface area contributed by atoms with Crippen molar-refractivity contribution in [2.24, 2.45) is 12.0 Å². The van der Waals surface area contributed by atoms with Crippen LogP contribution in [-0.4, -0.2) is 59.3 Å². The molecule has 1 aromatic heterocycles. The minimum absolute atomic E-state index is 0.00829. The summed E-state index contributed by atoms with van der Waals surface area (Å²) in [6, 6.07) is 6.73. The Hall–Kier alpha value is -2.90. The number of aryl methyl sites for hydroxylation is 1. The van der Waals surface area contributed by atoms with Crippen molar-refractivity contribution in [1.29, 1.82) is 0 Å². The Morgan fingerprint density at radius 2 is 2.15 bits per heavy atom. The third-order valence-electron chi connectivity index (χ3n) is 4.46. The molecule has 1 saturated heterocycles. The Morgan fingerprint density at radius 1 is 1.33 bits per heavy atom. The van der Waals surface area contributed by atoms with Gasteiger partial charge in [0.2, 0.25) is 5.91 Å². The molecule has 0 atom stereocenters. The van der Waals surface area contributed by atoms with Gasteiger partial charge in [0.15, 0.2) is 5.96 Å². The van der Waals surface area contributed by atoms with Gasteiger partial charge in [-0.3, -0.25) is 14.5 Å². The van der Waals surface area contributed by atoms with Gasteiger partial charge < -0.3 is 15.1 Å². The Labute approximate surface area is 158 Å². The van der Waals surface area contributed by atoms with Crippen LogP contribution in [0, 0.1) is 5.82 Å². The van der Waals surface area contributed by atoms with Gasteiger partial charge in [-0.25, -0.2) is 4.39 Å². The zero-order valence-electron chi connectivity index (χ0n) is 15.7. The van der Waals surface area contributed by atoms with E-state index < -0.39 is 0 Å². The molecule has 0 radical (unpaired) electrons. The van der Waals surface area contributed by atoms with Gasteiger partial charge >= 0.3 is 0 Å². The van der Waals surface area contributed by atoms with E-state index in [1.54, 1.807) is 27.9 Å². The summed E-state index contributed by atoms with van der Waals surface area (Å²) >= 11 is 0. The van der Waals surface area contributed by atoms with Crippen molar-refractivity contribution in [3.8, 4) is 0 Å². The minimum atomic E-state index is -0.210. The van der Waals surface area contributed by atoms with Gasteiger partial charge in [-0.05, 0) is 25.0 Å². The fourth-order valence-electron chi connectivity index (χ4n) is 3.08. The lowest BCUT2D eigenvalue weighted by molar-refractivity contribution is -0.120. The lowest BCUT2D eigenvalue weighted by Crippen LogP contribution is -2.55. The van der Waals surface area contributed by atoms with Crippen molar-refractivity contribution in [3.05, 3.63) is 48.0 Å². The molecule has 1 aromatic carbocycles. The number of nitrogens with one attached hydrogen (secondary N) is 1. The number of hydrogen-bond donors (Lipinski definition) is 1. The quantitative estimate of drug-likeness (QED) is 0.637. The van der Waals surface area contributed by atoms with Crippen LogP contribution in [0.25, 0.3) is 0 Å². The van der Waals surface area contributed by atoms with E-state index in [4.69, 9.17) is 0 Å². The molecule has 144 valence electrons. The second-order valence-corrected chi connectivity index (χ2v) is 6.42. The first-order valence-corrected chi connectivity index (χ1v) is 9.14. The van der Waals surface area contributed by atoms with Crippen molar-refractivity contribution >= 4 is 17.6 Å². The van der Waals surface area contributed by atoms with Gasteiger partial charge in [0.05, 0.1) is 11.9 Å². The van der Waals surface area contributed by atoms with Crippen LogP contribution in [0.5, 0.6) is 0 Å². The van der Waals surface area contributed by atoms with E-state index in [0.29, 0.717) is 44.1 Å². The molecule has 1 N–H and O–H groups in total. The molecule has 8 heteroatoms. The topological polar surface area (TPSA) is 65.8 Å². The molecule has 0 unspecified atom stereocenters. The first-order valence-electron chi connectivity index (χ1n) is 9.14. The van der Waals surface area contributed by atoms with Gasteiger partial charge in [-0.1, -0.05) is 18.2 Å². The number of benzene rings is 1. The van der Waals surface area contributed by atoms with Crippen LogP contribution in [-0.2, 0) is 18.3 Å². The van der Waals surface area contributed by atoms with Crippen molar-refractivity contribution in [2.45, 2.75) is 13.3 Å². The lowest BCUT2D eigenvalue weighted by atomic mass is 10.1. The number of aromatic nitrogens is 2. The summed E-state index contributed by atoms with van der Waals surface area (Å²) in [6.45, 7) is 4.64. The molecule has 1 amide bonds. The summed E-state index contributed by atoms with van der Waals surface area (Å²) in [5.74, 6) is 0.486. The van der Waals surface area contributed by atoms with Crippen molar-refractivity contribution in [3.63, 3.8) is 0 Å². The average molecular weight is 372 g/mol. The van der Waals surface area contributed by atoms with Crippen molar-refractivity contribution in [2.75, 3.05) is 37.6 Å². The maximum atomic E-state index is 13.7. The number of guanidine groups is 1. The fraction of sp³-hybridized carbons (Fsp3) is 0.421. The lowest BCUT2D eigenvalue weighted by Gasteiger charge is -2.35. The highest BCUT2D eigenvalue weighted by molar-refractivity contribution is 5.98. The molecule has 0 spiro atoms. The molecular weight excluding hydrogens is 347 g/mol. The van der Waals surface area contributed by atoms with Crippen molar-refractivity contribution in [1.82, 2.24) is 20.0 Å². The number of hydrogen-bond acceptors (Lipinski definition) is 3. The van der Waals surface area contributed by atoms with Crippen LogP contribution in [0.15, 0.2) is 41.7 Å². The smallest absolute Gasteiger partial charge is 0.246 e. The molecule has 1 fully saturated rings. The first kappa shape index (κ1) is 18.9. The second-order valence-electron chi connectivity index (χ2n) is 6.42. The third-order valence-corrected chi connectivity index (χ3v) is 4.46. The molecule has 0 bridgehead atoms. The Balaban J connectivity index is 1.63. The van der Waals surface area contributed by atoms with Crippen LogP contribution in [0.4, 0.5) is 10.1 Å². The molecule has 1 aliphatic rings. The highest BCUT2D eigenvalue weighted by atomic mass is 19.1. The van der Waals surface area contributed by atoms with E-state index in [9.17, 15) is 9.18 Å². The SMILES string of the molecule is CCNC(=NCCc1ccccc1F)N1CCN(c2cnn(C)c2)C(=O)C1. The predicted octanol–water partition coefficient (Wildman–Crippen LogP) is 1.42. The fourth-order valence-corrected chi connectivity index (χ4v) is 3.08. The van der Waals surface area contributed by atoms with Gasteiger partial charge in [0.25, 0.3) is 0 Å². The number of anilines is 1. The number of aliphatic imine (C=N–C) groups is 1. The third kappa shape index (κ3) is 4.64. The molecule has 2 heterocycles. The van der Waals surface area contributed by atoms with Gasteiger partial charge in [-0.15, -0.1) is 0 Å². The maximum absolute atomic E-state index is 13.7. The summed E-state index contributed by atoms with van der Waals surface area (Å²) < 4.78 is 15.4. The number of halogens is 1. The molecule has 2 aromatic rings. The van der Waals surface area contributed by atoms with Gasteiger partial charge in [0, 0.05) is 39.4 Å². The summed E-state index contributed by atoms with van der Waals surface area (Å²) in [6.07, 6.45) is 4.05.